The van der Waals surface area contributed by atoms with Crippen molar-refractivity contribution in [3.05, 3.63) is 62.8 Å². The quantitative estimate of drug-likeness (QED) is 0.792. The van der Waals surface area contributed by atoms with Gasteiger partial charge in [-0.3, -0.25) is 14.5 Å². The van der Waals surface area contributed by atoms with Crippen LogP contribution in [0.4, 0.5) is 8.78 Å². The maximum absolute atomic E-state index is 13.5. The molecule has 31 heavy (non-hydrogen) atoms. The van der Waals surface area contributed by atoms with E-state index in [0.29, 0.717) is 50.4 Å². The molecular formula is C23H28F2N4O2. The molecule has 1 aromatic carbocycles. The summed E-state index contributed by atoms with van der Waals surface area (Å²) in [6, 6.07) is 4.00. The zero-order chi connectivity index (χ0) is 22.0. The van der Waals surface area contributed by atoms with E-state index in [4.69, 9.17) is 4.98 Å². The van der Waals surface area contributed by atoms with Gasteiger partial charge >= 0.3 is 0 Å². The molecule has 4 rings (SSSR count). The second kappa shape index (κ2) is 9.26. The standard InChI is InChI=1S/C23H28F2N4O2/c1-2-4-21(30)29-10-8-20-17(14-29)23(31)27-22(26-20)16-5-3-9-28(13-16)12-15-6-7-18(24)19(25)11-15/h6-7,11,16H,2-5,8-10,12-14H2,1H3,(H,26,27,31). The lowest BCUT2D eigenvalue weighted by Gasteiger charge is -2.33. The molecule has 1 N–H and O–H groups in total. The molecule has 2 aromatic rings. The Balaban J connectivity index is 1.47. The van der Waals surface area contributed by atoms with Gasteiger partial charge in [-0.1, -0.05) is 13.0 Å². The van der Waals surface area contributed by atoms with Gasteiger partial charge in [0.25, 0.3) is 5.56 Å². The van der Waals surface area contributed by atoms with Crippen LogP contribution in [0.25, 0.3) is 0 Å². The minimum absolute atomic E-state index is 0.0804. The molecule has 0 bridgehead atoms. The highest BCUT2D eigenvalue weighted by Gasteiger charge is 2.28. The van der Waals surface area contributed by atoms with E-state index < -0.39 is 11.6 Å². The average Bonchev–Trinajstić information content (AvgIpc) is 2.76. The first kappa shape index (κ1) is 21.6. The van der Waals surface area contributed by atoms with Gasteiger partial charge in [0.1, 0.15) is 5.82 Å². The summed E-state index contributed by atoms with van der Waals surface area (Å²) >= 11 is 0. The summed E-state index contributed by atoms with van der Waals surface area (Å²) in [5.41, 5.74) is 1.95. The summed E-state index contributed by atoms with van der Waals surface area (Å²) in [4.78, 5) is 36.6. The zero-order valence-corrected chi connectivity index (χ0v) is 17.8. The second-order valence-corrected chi connectivity index (χ2v) is 8.51. The van der Waals surface area contributed by atoms with Crippen molar-refractivity contribution in [2.45, 2.75) is 58.0 Å². The highest BCUT2D eigenvalue weighted by Crippen LogP contribution is 2.26. The Morgan fingerprint density at radius 1 is 1.26 bits per heavy atom. The van der Waals surface area contributed by atoms with Crippen LogP contribution in [0.1, 0.15) is 61.2 Å². The number of aromatic amines is 1. The monoisotopic (exact) mass is 430 g/mol. The van der Waals surface area contributed by atoms with Crippen molar-refractivity contribution in [3.63, 3.8) is 0 Å². The Hall–Kier alpha value is -2.61. The van der Waals surface area contributed by atoms with Crippen LogP contribution in [0.15, 0.2) is 23.0 Å². The number of carbonyl (C=O) groups excluding carboxylic acids is 1. The van der Waals surface area contributed by atoms with Gasteiger partial charge in [0.2, 0.25) is 5.91 Å². The second-order valence-electron chi connectivity index (χ2n) is 8.51. The Morgan fingerprint density at radius 2 is 2.10 bits per heavy atom. The molecule has 1 saturated heterocycles. The van der Waals surface area contributed by atoms with Crippen LogP contribution >= 0.6 is 0 Å². The molecule has 1 unspecified atom stereocenters. The number of benzene rings is 1. The number of rotatable bonds is 5. The van der Waals surface area contributed by atoms with Gasteiger partial charge in [-0.05, 0) is 43.5 Å². The fraction of sp³-hybridized carbons (Fsp3) is 0.522. The predicted molar refractivity (Wildman–Crippen MR) is 112 cm³/mol. The van der Waals surface area contributed by atoms with Crippen molar-refractivity contribution in [1.29, 1.82) is 0 Å². The lowest BCUT2D eigenvalue weighted by molar-refractivity contribution is -0.132. The first-order valence-electron chi connectivity index (χ1n) is 11.0. The van der Waals surface area contributed by atoms with Crippen molar-refractivity contribution >= 4 is 5.91 Å². The number of halogens is 2. The van der Waals surface area contributed by atoms with Gasteiger partial charge in [-0.25, -0.2) is 13.8 Å². The minimum Gasteiger partial charge on any atom is -0.338 e. The number of nitrogens with zero attached hydrogens (tertiary/aromatic N) is 3. The van der Waals surface area contributed by atoms with Crippen molar-refractivity contribution in [1.82, 2.24) is 19.8 Å². The number of carbonyl (C=O) groups is 1. The molecule has 3 heterocycles. The van der Waals surface area contributed by atoms with E-state index in [1.54, 1.807) is 11.0 Å². The van der Waals surface area contributed by atoms with E-state index in [1.165, 1.54) is 6.07 Å². The van der Waals surface area contributed by atoms with E-state index in [0.717, 1.165) is 43.1 Å². The maximum Gasteiger partial charge on any atom is 0.256 e. The Labute approximate surface area is 180 Å². The molecule has 2 aliphatic heterocycles. The summed E-state index contributed by atoms with van der Waals surface area (Å²) < 4.78 is 26.7. The molecular weight excluding hydrogens is 402 g/mol. The largest absolute Gasteiger partial charge is 0.338 e. The van der Waals surface area contributed by atoms with Gasteiger partial charge in [0.15, 0.2) is 11.6 Å². The average molecular weight is 430 g/mol. The lowest BCUT2D eigenvalue weighted by Crippen LogP contribution is -2.40. The molecule has 1 amide bonds. The van der Waals surface area contributed by atoms with Gasteiger partial charge in [0.05, 0.1) is 17.8 Å². The number of hydrogen-bond donors (Lipinski definition) is 1. The van der Waals surface area contributed by atoms with E-state index in [2.05, 4.69) is 9.88 Å². The number of nitrogens with one attached hydrogen (secondary N) is 1. The van der Waals surface area contributed by atoms with Crippen LogP contribution < -0.4 is 5.56 Å². The molecule has 8 heteroatoms. The molecule has 0 radical (unpaired) electrons. The lowest BCUT2D eigenvalue weighted by atomic mass is 9.96. The molecule has 0 spiro atoms. The normalized spacial score (nSPS) is 19.3. The minimum atomic E-state index is -0.842. The van der Waals surface area contributed by atoms with Crippen LogP contribution in [0.5, 0.6) is 0 Å². The van der Waals surface area contributed by atoms with E-state index in [-0.39, 0.29) is 17.4 Å². The van der Waals surface area contributed by atoms with E-state index in [1.807, 2.05) is 6.92 Å². The number of piperidine rings is 1. The SMILES string of the molecule is CCCC(=O)N1CCc2nc(C3CCCN(Cc4ccc(F)c(F)c4)C3)[nH]c(=O)c2C1. The highest BCUT2D eigenvalue weighted by molar-refractivity contribution is 5.76. The fourth-order valence-electron chi connectivity index (χ4n) is 4.54. The van der Waals surface area contributed by atoms with Gasteiger partial charge < -0.3 is 9.88 Å². The molecule has 6 nitrogen and oxygen atoms in total. The van der Waals surface area contributed by atoms with Gasteiger partial charge in [-0.2, -0.15) is 0 Å². The maximum atomic E-state index is 13.5. The van der Waals surface area contributed by atoms with Crippen LogP contribution in [0, 0.1) is 11.6 Å². The molecule has 166 valence electrons. The number of likely N-dealkylation sites (tertiary alicyclic amines) is 1. The molecule has 1 aromatic heterocycles. The summed E-state index contributed by atoms with van der Waals surface area (Å²) in [7, 11) is 0. The Morgan fingerprint density at radius 3 is 2.87 bits per heavy atom. The number of hydrogen-bond acceptors (Lipinski definition) is 4. The first-order valence-corrected chi connectivity index (χ1v) is 11.0. The molecule has 0 aliphatic carbocycles. The van der Waals surface area contributed by atoms with Crippen molar-refractivity contribution in [2.24, 2.45) is 0 Å². The van der Waals surface area contributed by atoms with Gasteiger partial charge in [-0.15, -0.1) is 0 Å². The Kier molecular flexibility index (Phi) is 6.46. The van der Waals surface area contributed by atoms with Crippen molar-refractivity contribution in [3.8, 4) is 0 Å². The van der Waals surface area contributed by atoms with Gasteiger partial charge in [0, 0.05) is 38.4 Å². The molecule has 0 saturated carbocycles. The summed E-state index contributed by atoms with van der Waals surface area (Å²) in [6.45, 7) is 4.97. The highest BCUT2D eigenvalue weighted by atomic mass is 19.2. The summed E-state index contributed by atoms with van der Waals surface area (Å²) in [6.07, 6.45) is 3.73. The number of amides is 1. The van der Waals surface area contributed by atoms with Crippen molar-refractivity contribution < 1.29 is 13.6 Å². The van der Waals surface area contributed by atoms with Crippen molar-refractivity contribution in [2.75, 3.05) is 19.6 Å². The van der Waals surface area contributed by atoms with E-state index in [9.17, 15) is 18.4 Å². The summed E-state index contributed by atoms with van der Waals surface area (Å²) in [5, 5.41) is 0. The van der Waals surface area contributed by atoms with Crippen LogP contribution in [0.2, 0.25) is 0 Å². The smallest absolute Gasteiger partial charge is 0.256 e. The Bertz CT molecular complexity index is 1020. The first-order chi connectivity index (χ1) is 14.9. The third kappa shape index (κ3) is 4.84. The fourth-order valence-corrected chi connectivity index (χ4v) is 4.54. The number of fused-ring (bicyclic) bond motifs is 1. The number of aromatic nitrogens is 2. The third-order valence-electron chi connectivity index (χ3n) is 6.19. The molecule has 2 aliphatic rings. The van der Waals surface area contributed by atoms with Crippen LogP contribution in [-0.4, -0.2) is 45.3 Å². The van der Waals surface area contributed by atoms with E-state index >= 15 is 0 Å². The predicted octanol–water partition coefficient (Wildman–Crippen LogP) is 3.11. The van der Waals surface area contributed by atoms with Crippen LogP contribution in [0.3, 0.4) is 0 Å². The molecule has 1 atom stereocenters. The topological polar surface area (TPSA) is 69.3 Å². The third-order valence-corrected chi connectivity index (χ3v) is 6.19. The van der Waals surface area contributed by atoms with Crippen LogP contribution in [-0.2, 0) is 24.3 Å². The molecule has 1 fully saturated rings. The summed E-state index contributed by atoms with van der Waals surface area (Å²) in [5.74, 6) is -0.829. The number of H-pyrrole nitrogens is 1. The zero-order valence-electron chi connectivity index (χ0n) is 17.8.